The molecule has 0 heterocycles. The van der Waals surface area contributed by atoms with Crippen molar-refractivity contribution in [2.45, 2.75) is 25.4 Å². The van der Waals surface area contributed by atoms with E-state index in [1.165, 1.54) is 25.5 Å². The standard InChI is InChI=1S/C13H18N2O2/c1-17-9-13(16)15-12-4-2-10(3-5-12)8-14-11-6-7-11/h2-5,11,14H,6-9H2,1H3,(H,15,16). The first-order valence-corrected chi connectivity index (χ1v) is 5.89. The molecule has 2 rings (SSSR count). The molecule has 1 aromatic carbocycles. The van der Waals surface area contributed by atoms with Crippen LogP contribution in [0.15, 0.2) is 24.3 Å². The van der Waals surface area contributed by atoms with Crippen molar-refractivity contribution in [3.63, 3.8) is 0 Å². The van der Waals surface area contributed by atoms with Gasteiger partial charge in [-0.1, -0.05) is 12.1 Å². The minimum absolute atomic E-state index is 0.0883. The van der Waals surface area contributed by atoms with Gasteiger partial charge in [-0.25, -0.2) is 0 Å². The number of anilines is 1. The lowest BCUT2D eigenvalue weighted by molar-refractivity contribution is -0.119. The summed E-state index contributed by atoms with van der Waals surface area (Å²) in [6.07, 6.45) is 2.59. The van der Waals surface area contributed by atoms with Crippen LogP contribution in [0, 0.1) is 0 Å². The second kappa shape index (κ2) is 5.80. The van der Waals surface area contributed by atoms with Crippen LogP contribution in [0.3, 0.4) is 0 Å². The second-order valence-electron chi connectivity index (χ2n) is 4.33. The summed E-state index contributed by atoms with van der Waals surface area (Å²) in [7, 11) is 1.51. The molecule has 0 spiro atoms. The van der Waals surface area contributed by atoms with Crippen LogP contribution < -0.4 is 10.6 Å². The molecule has 1 amide bonds. The number of hydrogen-bond acceptors (Lipinski definition) is 3. The van der Waals surface area contributed by atoms with Crippen LogP contribution in [0.5, 0.6) is 0 Å². The molecule has 92 valence electrons. The molecule has 17 heavy (non-hydrogen) atoms. The topological polar surface area (TPSA) is 50.4 Å². The molecule has 0 saturated heterocycles. The summed E-state index contributed by atoms with van der Waals surface area (Å²) in [6.45, 7) is 0.988. The van der Waals surface area contributed by atoms with Crippen molar-refractivity contribution in [2.75, 3.05) is 19.0 Å². The Labute approximate surface area is 101 Å². The third-order valence-corrected chi connectivity index (χ3v) is 2.69. The van der Waals surface area contributed by atoms with Crippen molar-refractivity contribution in [3.05, 3.63) is 29.8 Å². The summed E-state index contributed by atoms with van der Waals surface area (Å²) in [6, 6.07) is 8.60. The highest BCUT2D eigenvalue weighted by Gasteiger charge is 2.19. The number of methoxy groups -OCH3 is 1. The fraction of sp³-hybridized carbons (Fsp3) is 0.462. The van der Waals surface area contributed by atoms with Gasteiger partial charge in [-0.05, 0) is 30.5 Å². The van der Waals surface area contributed by atoms with E-state index in [1.54, 1.807) is 0 Å². The molecule has 4 heteroatoms. The summed E-state index contributed by atoms with van der Waals surface area (Å²) in [5, 5.41) is 6.21. The van der Waals surface area contributed by atoms with Gasteiger partial charge in [-0.3, -0.25) is 4.79 Å². The number of nitrogens with one attached hydrogen (secondary N) is 2. The number of benzene rings is 1. The molecule has 0 radical (unpaired) electrons. The molecule has 1 saturated carbocycles. The first-order chi connectivity index (χ1) is 8.28. The first-order valence-electron chi connectivity index (χ1n) is 5.89. The Morgan fingerprint density at radius 2 is 2.06 bits per heavy atom. The van der Waals surface area contributed by atoms with Crippen LogP contribution in [-0.4, -0.2) is 25.7 Å². The molecule has 1 aromatic rings. The van der Waals surface area contributed by atoms with Crippen LogP contribution in [0.4, 0.5) is 5.69 Å². The monoisotopic (exact) mass is 234 g/mol. The van der Waals surface area contributed by atoms with E-state index >= 15 is 0 Å². The second-order valence-corrected chi connectivity index (χ2v) is 4.33. The van der Waals surface area contributed by atoms with Gasteiger partial charge >= 0.3 is 0 Å². The number of ether oxygens (including phenoxy) is 1. The molecule has 2 N–H and O–H groups in total. The smallest absolute Gasteiger partial charge is 0.250 e. The van der Waals surface area contributed by atoms with Crippen molar-refractivity contribution >= 4 is 11.6 Å². The predicted molar refractivity (Wildman–Crippen MR) is 66.8 cm³/mol. The van der Waals surface area contributed by atoms with Gasteiger partial charge in [0.1, 0.15) is 6.61 Å². The van der Waals surface area contributed by atoms with Gasteiger partial charge in [0, 0.05) is 25.4 Å². The summed E-state index contributed by atoms with van der Waals surface area (Å²) in [4.78, 5) is 11.3. The average Bonchev–Trinajstić information content (AvgIpc) is 3.12. The van der Waals surface area contributed by atoms with Gasteiger partial charge in [-0.15, -0.1) is 0 Å². The highest BCUT2D eigenvalue weighted by atomic mass is 16.5. The maximum Gasteiger partial charge on any atom is 0.250 e. The van der Waals surface area contributed by atoms with E-state index in [0.29, 0.717) is 0 Å². The van der Waals surface area contributed by atoms with Crippen molar-refractivity contribution in [3.8, 4) is 0 Å². The van der Waals surface area contributed by atoms with Crippen LogP contribution in [0.1, 0.15) is 18.4 Å². The molecular formula is C13H18N2O2. The number of hydrogen-bond donors (Lipinski definition) is 2. The van der Waals surface area contributed by atoms with Crippen LogP contribution >= 0.6 is 0 Å². The predicted octanol–water partition coefficient (Wildman–Crippen LogP) is 1.52. The molecule has 0 bridgehead atoms. The first kappa shape index (κ1) is 12.1. The van der Waals surface area contributed by atoms with Crippen molar-refractivity contribution < 1.29 is 9.53 Å². The Morgan fingerprint density at radius 3 is 2.65 bits per heavy atom. The lowest BCUT2D eigenvalue weighted by Crippen LogP contribution is -2.17. The fourth-order valence-electron chi connectivity index (χ4n) is 1.58. The molecule has 0 unspecified atom stereocenters. The number of amides is 1. The van der Waals surface area contributed by atoms with Crippen LogP contribution in [0.2, 0.25) is 0 Å². The van der Waals surface area contributed by atoms with E-state index in [0.717, 1.165) is 18.3 Å². The molecule has 0 aliphatic heterocycles. The highest BCUT2D eigenvalue weighted by molar-refractivity contribution is 5.91. The average molecular weight is 234 g/mol. The van der Waals surface area contributed by atoms with E-state index in [-0.39, 0.29) is 12.5 Å². The molecule has 4 nitrogen and oxygen atoms in total. The van der Waals surface area contributed by atoms with E-state index in [1.807, 2.05) is 24.3 Å². The molecular weight excluding hydrogens is 216 g/mol. The summed E-state index contributed by atoms with van der Waals surface area (Å²) in [5.41, 5.74) is 2.05. The van der Waals surface area contributed by atoms with Crippen molar-refractivity contribution in [1.82, 2.24) is 5.32 Å². The van der Waals surface area contributed by atoms with E-state index < -0.39 is 0 Å². The molecule has 1 fully saturated rings. The van der Waals surface area contributed by atoms with Gasteiger partial charge in [0.25, 0.3) is 0 Å². The van der Waals surface area contributed by atoms with E-state index in [4.69, 9.17) is 4.74 Å². The van der Waals surface area contributed by atoms with E-state index in [2.05, 4.69) is 10.6 Å². The third-order valence-electron chi connectivity index (χ3n) is 2.69. The third kappa shape index (κ3) is 4.17. The van der Waals surface area contributed by atoms with Gasteiger partial charge in [0.15, 0.2) is 0 Å². The Kier molecular flexibility index (Phi) is 4.12. The lowest BCUT2D eigenvalue weighted by atomic mass is 10.2. The highest BCUT2D eigenvalue weighted by Crippen LogP contribution is 2.19. The summed E-state index contributed by atoms with van der Waals surface area (Å²) >= 11 is 0. The minimum atomic E-state index is -0.128. The van der Waals surface area contributed by atoms with Gasteiger partial charge < -0.3 is 15.4 Å². The molecule has 1 aliphatic rings. The van der Waals surface area contributed by atoms with Crippen LogP contribution in [-0.2, 0) is 16.1 Å². The number of carbonyl (C=O) groups is 1. The zero-order valence-electron chi connectivity index (χ0n) is 10.0. The number of carbonyl (C=O) groups excluding carboxylic acids is 1. The Bertz CT molecular complexity index is 372. The zero-order valence-corrected chi connectivity index (χ0v) is 10.0. The van der Waals surface area contributed by atoms with Gasteiger partial charge in [0.05, 0.1) is 0 Å². The van der Waals surface area contributed by atoms with Gasteiger partial charge in [0.2, 0.25) is 5.91 Å². The van der Waals surface area contributed by atoms with Gasteiger partial charge in [-0.2, -0.15) is 0 Å². The Morgan fingerprint density at radius 1 is 1.35 bits per heavy atom. The number of rotatable bonds is 6. The van der Waals surface area contributed by atoms with E-state index in [9.17, 15) is 4.79 Å². The fourth-order valence-corrected chi connectivity index (χ4v) is 1.58. The Hall–Kier alpha value is -1.39. The quantitative estimate of drug-likeness (QED) is 0.784. The summed E-state index contributed by atoms with van der Waals surface area (Å²) < 4.78 is 4.75. The summed E-state index contributed by atoms with van der Waals surface area (Å²) in [5.74, 6) is -0.128. The maximum atomic E-state index is 11.3. The molecule has 0 aromatic heterocycles. The lowest BCUT2D eigenvalue weighted by Gasteiger charge is -2.06. The maximum absolute atomic E-state index is 11.3. The molecule has 0 atom stereocenters. The zero-order chi connectivity index (χ0) is 12.1. The Balaban J connectivity index is 1.81. The SMILES string of the molecule is COCC(=O)Nc1ccc(CNC2CC2)cc1. The largest absolute Gasteiger partial charge is 0.375 e. The normalized spacial score (nSPS) is 14.6. The molecule has 1 aliphatic carbocycles. The van der Waals surface area contributed by atoms with Crippen molar-refractivity contribution in [1.29, 1.82) is 0 Å². The minimum Gasteiger partial charge on any atom is -0.375 e. The van der Waals surface area contributed by atoms with Crippen LogP contribution in [0.25, 0.3) is 0 Å². The van der Waals surface area contributed by atoms with Crippen molar-refractivity contribution in [2.24, 2.45) is 0 Å².